The molecule has 0 aliphatic carbocycles. The van der Waals surface area contributed by atoms with E-state index in [0.717, 1.165) is 43.6 Å². The predicted octanol–water partition coefficient (Wildman–Crippen LogP) is 3.85. The van der Waals surface area contributed by atoms with Gasteiger partial charge < -0.3 is 15.4 Å². The number of carbonyl (C=O) groups excluding carboxylic acids is 1. The van der Waals surface area contributed by atoms with E-state index in [-0.39, 0.29) is 12.0 Å². The normalized spacial score (nSPS) is 16.8. The monoisotopic (exact) mass is 324 g/mol. The number of carbonyl (C=O) groups is 1. The van der Waals surface area contributed by atoms with E-state index >= 15 is 0 Å². The van der Waals surface area contributed by atoms with E-state index in [4.69, 9.17) is 4.74 Å². The Hall–Kier alpha value is -2.33. The summed E-state index contributed by atoms with van der Waals surface area (Å²) in [7, 11) is 0. The molecule has 4 heteroatoms. The van der Waals surface area contributed by atoms with E-state index < -0.39 is 0 Å². The van der Waals surface area contributed by atoms with Gasteiger partial charge >= 0.3 is 0 Å². The minimum atomic E-state index is -0.291. The van der Waals surface area contributed by atoms with Crippen LogP contribution in [-0.4, -0.2) is 25.2 Å². The number of nitrogens with one attached hydrogen (secondary N) is 2. The quantitative estimate of drug-likeness (QED) is 0.761. The molecule has 1 heterocycles. The highest BCUT2D eigenvalue weighted by Gasteiger charge is 2.23. The van der Waals surface area contributed by atoms with Gasteiger partial charge in [0.15, 0.2) is 0 Å². The van der Waals surface area contributed by atoms with Gasteiger partial charge in [0.2, 0.25) is 0 Å². The fourth-order valence-corrected chi connectivity index (χ4v) is 2.85. The Morgan fingerprint density at radius 1 is 1.04 bits per heavy atom. The zero-order valence-corrected chi connectivity index (χ0v) is 13.8. The second-order valence-electron chi connectivity index (χ2n) is 6.08. The van der Waals surface area contributed by atoms with Crippen LogP contribution in [0.2, 0.25) is 0 Å². The molecule has 0 bridgehead atoms. The number of aryl methyl sites for hydroxylation is 1. The van der Waals surface area contributed by atoms with Gasteiger partial charge in [0.25, 0.3) is 5.91 Å². The SMILES string of the molecule is O=C(Nc1ccc(NCCCc2ccccc2)cc1)C1CCCO1. The highest BCUT2D eigenvalue weighted by Crippen LogP contribution is 2.17. The molecule has 2 aromatic carbocycles. The summed E-state index contributed by atoms with van der Waals surface area (Å²) in [5, 5.41) is 6.32. The third-order valence-electron chi connectivity index (χ3n) is 4.19. The molecule has 1 saturated heterocycles. The molecular formula is C20H24N2O2. The minimum absolute atomic E-state index is 0.0453. The van der Waals surface area contributed by atoms with E-state index in [1.165, 1.54) is 5.56 Å². The molecule has 1 aliphatic rings. The molecule has 1 atom stereocenters. The van der Waals surface area contributed by atoms with Gasteiger partial charge in [-0.1, -0.05) is 30.3 Å². The van der Waals surface area contributed by atoms with E-state index in [2.05, 4.69) is 34.9 Å². The molecule has 1 unspecified atom stereocenters. The maximum atomic E-state index is 12.0. The highest BCUT2D eigenvalue weighted by atomic mass is 16.5. The lowest BCUT2D eigenvalue weighted by Crippen LogP contribution is -2.26. The first-order valence-electron chi connectivity index (χ1n) is 8.61. The molecule has 0 saturated carbocycles. The Bertz CT molecular complexity index is 634. The van der Waals surface area contributed by atoms with Crippen molar-refractivity contribution >= 4 is 17.3 Å². The average Bonchev–Trinajstić information content (AvgIpc) is 3.16. The first-order valence-corrected chi connectivity index (χ1v) is 8.61. The minimum Gasteiger partial charge on any atom is -0.385 e. The van der Waals surface area contributed by atoms with Crippen LogP contribution in [0, 0.1) is 0 Å². The van der Waals surface area contributed by atoms with E-state index in [9.17, 15) is 4.79 Å². The Kier molecular flexibility index (Phi) is 5.85. The molecule has 1 aliphatic heterocycles. The number of hydrogen-bond donors (Lipinski definition) is 2. The summed E-state index contributed by atoms with van der Waals surface area (Å²) in [4.78, 5) is 12.0. The van der Waals surface area contributed by atoms with Crippen LogP contribution < -0.4 is 10.6 Å². The highest BCUT2D eigenvalue weighted by molar-refractivity contribution is 5.94. The van der Waals surface area contributed by atoms with Crippen LogP contribution in [0.5, 0.6) is 0 Å². The van der Waals surface area contributed by atoms with Crippen LogP contribution in [-0.2, 0) is 16.0 Å². The van der Waals surface area contributed by atoms with Crippen LogP contribution >= 0.6 is 0 Å². The molecule has 2 N–H and O–H groups in total. The van der Waals surface area contributed by atoms with Crippen molar-refractivity contribution in [3.8, 4) is 0 Å². The summed E-state index contributed by atoms with van der Waals surface area (Å²) in [6.45, 7) is 1.61. The Morgan fingerprint density at radius 2 is 1.79 bits per heavy atom. The van der Waals surface area contributed by atoms with Gasteiger partial charge in [-0.2, -0.15) is 0 Å². The molecule has 0 spiro atoms. The lowest BCUT2D eigenvalue weighted by Gasteiger charge is -2.11. The summed E-state index contributed by atoms with van der Waals surface area (Å²) >= 11 is 0. The number of benzene rings is 2. The van der Waals surface area contributed by atoms with Gasteiger partial charge in [0.1, 0.15) is 6.10 Å². The molecule has 126 valence electrons. The van der Waals surface area contributed by atoms with E-state index in [1.807, 2.05) is 30.3 Å². The molecule has 3 rings (SSSR count). The maximum Gasteiger partial charge on any atom is 0.253 e. The van der Waals surface area contributed by atoms with Crippen molar-refractivity contribution in [2.24, 2.45) is 0 Å². The Balaban J connectivity index is 1.40. The molecule has 1 amide bonds. The van der Waals surface area contributed by atoms with Gasteiger partial charge in [-0.05, 0) is 55.5 Å². The van der Waals surface area contributed by atoms with Crippen molar-refractivity contribution in [2.75, 3.05) is 23.8 Å². The van der Waals surface area contributed by atoms with Crippen molar-refractivity contribution in [3.63, 3.8) is 0 Å². The summed E-state index contributed by atoms with van der Waals surface area (Å²) in [6, 6.07) is 18.3. The fraction of sp³-hybridized carbons (Fsp3) is 0.350. The van der Waals surface area contributed by atoms with Gasteiger partial charge in [0, 0.05) is 24.5 Å². The van der Waals surface area contributed by atoms with Gasteiger partial charge in [-0.25, -0.2) is 0 Å². The van der Waals surface area contributed by atoms with Crippen LogP contribution in [0.3, 0.4) is 0 Å². The molecule has 0 radical (unpaired) electrons. The summed E-state index contributed by atoms with van der Waals surface area (Å²) in [5.74, 6) is -0.0453. The first-order chi connectivity index (χ1) is 11.8. The van der Waals surface area contributed by atoms with Crippen LogP contribution in [0.4, 0.5) is 11.4 Å². The first kappa shape index (κ1) is 16.5. The number of amides is 1. The van der Waals surface area contributed by atoms with Crippen molar-refractivity contribution in [1.29, 1.82) is 0 Å². The van der Waals surface area contributed by atoms with Gasteiger partial charge in [-0.3, -0.25) is 4.79 Å². The van der Waals surface area contributed by atoms with Crippen LogP contribution in [0.25, 0.3) is 0 Å². The predicted molar refractivity (Wildman–Crippen MR) is 97.3 cm³/mol. The zero-order chi connectivity index (χ0) is 16.6. The van der Waals surface area contributed by atoms with Gasteiger partial charge in [0.05, 0.1) is 0 Å². The molecule has 4 nitrogen and oxygen atoms in total. The van der Waals surface area contributed by atoms with Crippen molar-refractivity contribution in [2.45, 2.75) is 31.8 Å². The second-order valence-corrected chi connectivity index (χ2v) is 6.08. The zero-order valence-electron chi connectivity index (χ0n) is 13.8. The summed E-state index contributed by atoms with van der Waals surface area (Å²) in [6.07, 6.45) is 3.64. The third-order valence-corrected chi connectivity index (χ3v) is 4.19. The average molecular weight is 324 g/mol. The Labute approximate surface area is 143 Å². The third kappa shape index (κ3) is 4.83. The molecular weight excluding hydrogens is 300 g/mol. The second kappa shape index (κ2) is 8.50. The van der Waals surface area contributed by atoms with Crippen molar-refractivity contribution in [1.82, 2.24) is 0 Å². The lowest BCUT2D eigenvalue weighted by atomic mass is 10.1. The summed E-state index contributed by atoms with van der Waals surface area (Å²) in [5.41, 5.74) is 3.25. The van der Waals surface area contributed by atoms with E-state index in [1.54, 1.807) is 0 Å². The van der Waals surface area contributed by atoms with Crippen molar-refractivity contribution in [3.05, 3.63) is 60.2 Å². The van der Waals surface area contributed by atoms with Gasteiger partial charge in [-0.15, -0.1) is 0 Å². The van der Waals surface area contributed by atoms with Crippen LogP contribution in [0.1, 0.15) is 24.8 Å². The fourth-order valence-electron chi connectivity index (χ4n) is 2.85. The molecule has 0 aromatic heterocycles. The van der Waals surface area contributed by atoms with Crippen LogP contribution in [0.15, 0.2) is 54.6 Å². The molecule has 2 aromatic rings. The standard InChI is InChI=1S/C20H24N2O2/c23-20(19-9-5-15-24-19)22-18-12-10-17(11-13-18)21-14-4-8-16-6-2-1-3-7-16/h1-3,6-7,10-13,19,21H,4-5,8-9,14-15H2,(H,22,23). The number of hydrogen-bond acceptors (Lipinski definition) is 3. The number of ether oxygens (including phenoxy) is 1. The topological polar surface area (TPSA) is 50.4 Å². The summed E-state index contributed by atoms with van der Waals surface area (Å²) < 4.78 is 5.39. The van der Waals surface area contributed by atoms with E-state index in [0.29, 0.717) is 6.61 Å². The molecule has 24 heavy (non-hydrogen) atoms. The van der Waals surface area contributed by atoms with Crippen molar-refractivity contribution < 1.29 is 9.53 Å². The number of rotatable bonds is 7. The smallest absolute Gasteiger partial charge is 0.253 e. The largest absolute Gasteiger partial charge is 0.385 e. The molecule has 1 fully saturated rings. The Morgan fingerprint density at radius 3 is 2.50 bits per heavy atom. The maximum absolute atomic E-state index is 12.0. The number of anilines is 2. The lowest BCUT2D eigenvalue weighted by molar-refractivity contribution is -0.124.